The van der Waals surface area contributed by atoms with E-state index in [-0.39, 0.29) is 0 Å². The van der Waals surface area contributed by atoms with Crippen molar-refractivity contribution in [1.82, 2.24) is 0 Å². The maximum Gasteiger partial charge on any atom is 0.206 e. The van der Waals surface area contributed by atoms with Crippen LogP contribution in [0, 0.1) is 0 Å². The molecule has 0 fully saturated rings. The number of pyridine rings is 1. The highest BCUT2D eigenvalue weighted by Crippen LogP contribution is 2.26. The minimum Gasteiger partial charge on any atom is -0.426 e. The van der Waals surface area contributed by atoms with Crippen LogP contribution in [0.3, 0.4) is 0 Å². The van der Waals surface area contributed by atoms with Gasteiger partial charge < -0.3 is 12.8 Å². The lowest BCUT2D eigenvalue weighted by molar-refractivity contribution is -0.460. The maximum absolute atomic E-state index is 5.27. The Morgan fingerprint density at radius 2 is 2.07 bits per heavy atom. The monoisotopic (exact) mass is 217 g/mol. The largest absolute Gasteiger partial charge is 0.426 e. The lowest BCUT2D eigenvalue weighted by atomic mass is 10.1. The first-order valence-electron chi connectivity index (χ1n) is 4.34. The Balaban J connectivity index is 2.67. The Bertz CT molecular complexity index is 613. The summed E-state index contributed by atoms with van der Waals surface area (Å²) in [7, 11) is 0. The molecule has 2 heterocycles. The molecule has 2 aromatic heterocycles. The molecule has 0 amide bonds. The zero-order valence-corrected chi connectivity index (χ0v) is 8.94. The average molecular weight is 217 g/mol. The molecule has 0 saturated heterocycles. The van der Waals surface area contributed by atoms with Gasteiger partial charge in [0.1, 0.15) is 0 Å². The Labute approximate surface area is 91.2 Å². The fourth-order valence-electron chi connectivity index (χ4n) is 1.73. The van der Waals surface area contributed by atoms with Gasteiger partial charge in [0.25, 0.3) is 0 Å². The van der Waals surface area contributed by atoms with Crippen LogP contribution in [0.4, 0.5) is 0 Å². The van der Waals surface area contributed by atoms with Gasteiger partial charge in [-0.15, -0.1) is 11.3 Å². The Morgan fingerprint density at radius 1 is 1.14 bits per heavy atom. The smallest absolute Gasteiger partial charge is 0.206 e. The van der Waals surface area contributed by atoms with Crippen molar-refractivity contribution in [2.24, 2.45) is 0 Å². The number of hydrogen-bond donors (Lipinski definition) is 0. The highest BCUT2D eigenvalue weighted by molar-refractivity contribution is 7.51. The summed E-state index contributed by atoms with van der Waals surface area (Å²) in [5.41, 5.74) is 1.14. The van der Waals surface area contributed by atoms with Gasteiger partial charge >= 0.3 is 0 Å². The summed E-state index contributed by atoms with van der Waals surface area (Å²) in [4.78, 5) is 0. The van der Waals surface area contributed by atoms with Gasteiger partial charge in [0.05, 0.1) is 5.39 Å². The molecule has 0 saturated carbocycles. The van der Waals surface area contributed by atoms with E-state index < -0.39 is 0 Å². The minimum absolute atomic E-state index is 1.14. The fourth-order valence-corrected chi connectivity index (χ4v) is 2.79. The molecule has 1 nitrogen and oxygen atoms in total. The fraction of sp³-hybridized carbons (Fsp3) is 0. The number of nitrogens with zero attached hydrogens (tertiary/aromatic N) is 1. The van der Waals surface area contributed by atoms with Crippen LogP contribution >= 0.6 is 11.3 Å². The molecule has 0 atom stereocenters. The van der Waals surface area contributed by atoms with E-state index in [0.717, 1.165) is 5.52 Å². The van der Waals surface area contributed by atoms with E-state index in [9.17, 15) is 0 Å². The first-order valence-corrected chi connectivity index (χ1v) is 5.59. The van der Waals surface area contributed by atoms with E-state index in [1.54, 1.807) is 15.3 Å². The van der Waals surface area contributed by atoms with E-state index in [4.69, 9.17) is 12.8 Å². The van der Waals surface area contributed by atoms with Gasteiger partial charge in [-0.2, -0.15) is 0 Å². The lowest BCUT2D eigenvalue weighted by Gasteiger charge is -2.02. The van der Waals surface area contributed by atoms with Gasteiger partial charge in [0.15, 0.2) is 6.20 Å². The molecule has 3 heteroatoms. The molecule has 0 spiro atoms. The summed E-state index contributed by atoms with van der Waals surface area (Å²) in [6.45, 7) is 0. The first kappa shape index (κ1) is 8.15. The average Bonchev–Trinajstić information content (AvgIpc) is 2.65. The zero-order chi connectivity index (χ0) is 9.54. The Morgan fingerprint density at radius 3 is 3.00 bits per heavy atom. The van der Waals surface area contributed by atoms with E-state index in [0.29, 0.717) is 0 Å². The second-order valence-electron chi connectivity index (χ2n) is 3.17. The van der Waals surface area contributed by atoms with Crippen molar-refractivity contribution in [3.63, 3.8) is 0 Å². The molecule has 3 rings (SSSR count). The number of benzene rings is 1. The van der Waals surface area contributed by atoms with Crippen molar-refractivity contribution < 1.29 is 3.97 Å². The maximum atomic E-state index is 5.27. The second-order valence-corrected chi connectivity index (χ2v) is 4.51. The third-order valence-electron chi connectivity index (χ3n) is 2.36. The van der Waals surface area contributed by atoms with Gasteiger partial charge in [0, 0.05) is 16.2 Å². The minimum atomic E-state index is 1.14. The molecule has 0 aliphatic heterocycles. The normalized spacial score (nSPS) is 11.1. The van der Waals surface area contributed by atoms with E-state index in [2.05, 4.69) is 29.6 Å². The van der Waals surface area contributed by atoms with Gasteiger partial charge in [-0.25, -0.2) is 0 Å². The molecule has 1 aromatic carbocycles. The summed E-state index contributed by atoms with van der Waals surface area (Å²) in [5.74, 6) is 0. The first-order chi connectivity index (χ1) is 6.86. The predicted molar refractivity (Wildman–Crippen MR) is 62.3 cm³/mol. The lowest BCUT2D eigenvalue weighted by Crippen LogP contribution is -2.26. The highest BCUT2D eigenvalue weighted by atomic mass is 32.1. The quantitative estimate of drug-likeness (QED) is 0.413. The molecular formula is C11H7NS2. The van der Waals surface area contributed by atoms with Crippen molar-refractivity contribution in [2.45, 2.75) is 0 Å². The number of fused-ring (bicyclic) bond motifs is 3. The van der Waals surface area contributed by atoms with Crippen LogP contribution in [0.1, 0.15) is 0 Å². The predicted octanol–water partition coefficient (Wildman–Crippen LogP) is 2.65. The molecule has 14 heavy (non-hydrogen) atoms. The molecule has 0 unspecified atom stereocenters. The highest BCUT2D eigenvalue weighted by Gasteiger charge is 2.06. The molecule has 0 aliphatic carbocycles. The Kier molecular flexibility index (Phi) is 1.69. The SMILES string of the molecule is [S-][n+]1cccc2ccc3sccc3c21. The number of thiophene rings is 1. The van der Waals surface area contributed by atoms with Crippen LogP contribution in [0.2, 0.25) is 0 Å². The van der Waals surface area contributed by atoms with Gasteiger partial charge in [0.2, 0.25) is 5.52 Å². The molecular weight excluding hydrogens is 210 g/mol. The zero-order valence-electron chi connectivity index (χ0n) is 7.31. The van der Waals surface area contributed by atoms with Crippen molar-refractivity contribution in [3.05, 3.63) is 41.9 Å². The molecule has 0 aliphatic rings. The third-order valence-corrected chi connectivity index (χ3v) is 3.54. The van der Waals surface area contributed by atoms with E-state index in [1.807, 2.05) is 12.3 Å². The summed E-state index contributed by atoms with van der Waals surface area (Å²) in [6.07, 6.45) is 1.91. The summed E-state index contributed by atoms with van der Waals surface area (Å²) >= 11 is 7.02. The second kappa shape index (κ2) is 2.90. The number of aromatic nitrogens is 1. The van der Waals surface area contributed by atoms with E-state index in [1.165, 1.54) is 15.5 Å². The van der Waals surface area contributed by atoms with Gasteiger partial charge in [-0.1, -0.05) is 0 Å². The molecule has 0 N–H and O–H groups in total. The van der Waals surface area contributed by atoms with Crippen molar-refractivity contribution >= 4 is 45.1 Å². The van der Waals surface area contributed by atoms with E-state index >= 15 is 0 Å². The van der Waals surface area contributed by atoms with Crippen LogP contribution in [-0.2, 0) is 12.8 Å². The van der Waals surface area contributed by atoms with Gasteiger partial charge in [-0.05, 0) is 29.6 Å². The number of rotatable bonds is 0. The summed E-state index contributed by atoms with van der Waals surface area (Å²) in [5, 5.41) is 4.56. The molecule has 0 radical (unpaired) electrons. The molecule has 3 aromatic rings. The molecule has 68 valence electrons. The summed E-state index contributed by atoms with van der Waals surface area (Å²) in [6, 6.07) is 10.5. The summed E-state index contributed by atoms with van der Waals surface area (Å²) < 4.78 is 3.06. The van der Waals surface area contributed by atoms with Crippen molar-refractivity contribution in [2.75, 3.05) is 0 Å². The number of hydrogen-bond acceptors (Lipinski definition) is 2. The topological polar surface area (TPSA) is 3.88 Å². The van der Waals surface area contributed by atoms with Crippen LogP contribution in [0.15, 0.2) is 41.9 Å². The van der Waals surface area contributed by atoms with Crippen LogP contribution in [0.25, 0.3) is 21.0 Å². The van der Waals surface area contributed by atoms with Crippen molar-refractivity contribution in [3.8, 4) is 0 Å². The standard InChI is InChI=1S/C11H7NS2/c13-12-6-1-2-8-3-4-10-9(11(8)12)5-7-14-10/h1-7H. The van der Waals surface area contributed by atoms with Gasteiger partial charge in [-0.3, -0.25) is 3.97 Å². The molecule has 0 bridgehead atoms. The Hall–Kier alpha value is -1.19. The van der Waals surface area contributed by atoms with Crippen LogP contribution in [0.5, 0.6) is 0 Å². The third kappa shape index (κ3) is 1.03. The van der Waals surface area contributed by atoms with Crippen LogP contribution < -0.4 is 3.97 Å². The van der Waals surface area contributed by atoms with Crippen LogP contribution in [-0.4, -0.2) is 0 Å². The van der Waals surface area contributed by atoms with Crippen molar-refractivity contribution in [1.29, 1.82) is 0 Å².